The highest BCUT2D eigenvalue weighted by molar-refractivity contribution is 6.46. The number of carbonyl (C=O) groups excluding carboxylic acids is 2. The first-order chi connectivity index (χ1) is 18.0. The minimum Gasteiger partial charge on any atom is -0.507 e. The molecule has 0 aliphatic carbocycles. The summed E-state index contributed by atoms with van der Waals surface area (Å²) in [5.41, 5.74) is 4.63. The van der Waals surface area contributed by atoms with Crippen molar-refractivity contribution in [1.29, 1.82) is 0 Å². The SMILES string of the molecule is CCOc1ccc(C(O)=C2C(=O)C(=O)N(CCc3c[nH]c4ccccc34)[C@H]2c2ccc(CC)cc2)cc1. The molecule has 188 valence electrons. The molecule has 0 bridgehead atoms. The molecular weight excluding hydrogens is 464 g/mol. The number of hydrogen-bond acceptors (Lipinski definition) is 4. The second-order valence-corrected chi connectivity index (χ2v) is 9.15. The number of nitrogens with one attached hydrogen (secondary N) is 1. The minimum atomic E-state index is -0.678. The van der Waals surface area contributed by atoms with Crippen molar-refractivity contribution in [2.24, 2.45) is 0 Å². The lowest BCUT2D eigenvalue weighted by molar-refractivity contribution is -0.139. The van der Waals surface area contributed by atoms with E-state index in [-0.39, 0.29) is 11.3 Å². The maximum absolute atomic E-state index is 13.3. The smallest absolute Gasteiger partial charge is 0.295 e. The van der Waals surface area contributed by atoms with Crippen LogP contribution in [0.5, 0.6) is 5.75 Å². The number of Topliss-reactive ketones (excluding diaryl/α,β-unsaturated/α-hetero) is 1. The molecule has 0 saturated carbocycles. The molecular formula is C31H30N2O4. The van der Waals surface area contributed by atoms with Crippen molar-refractivity contribution in [3.63, 3.8) is 0 Å². The third-order valence-electron chi connectivity index (χ3n) is 6.98. The highest BCUT2D eigenvalue weighted by Crippen LogP contribution is 2.40. The number of aryl methyl sites for hydroxylation is 1. The van der Waals surface area contributed by atoms with E-state index in [1.165, 1.54) is 0 Å². The molecule has 1 aliphatic rings. The lowest BCUT2D eigenvalue weighted by atomic mass is 9.94. The summed E-state index contributed by atoms with van der Waals surface area (Å²) in [6.07, 6.45) is 3.41. The third-order valence-corrected chi connectivity index (χ3v) is 6.98. The monoisotopic (exact) mass is 494 g/mol. The number of para-hydroxylation sites is 1. The number of aromatic amines is 1. The van der Waals surface area contributed by atoms with Crippen molar-refractivity contribution in [2.75, 3.05) is 13.2 Å². The van der Waals surface area contributed by atoms with Gasteiger partial charge in [-0.05, 0) is 66.8 Å². The molecule has 0 radical (unpaired) electrons. The molecule has 1 atom stereocenters. The van der Waals surface area contributed by atoms with Gasteiger partial charge in [-0.1, -0.05) is 49.4 Å². The van der Waals surface area contributed by atoms with E-state index in [0.717, 1.165) is 34.0 Å². The molecule has 37 heavy (non-hydrogen) atoms. The van der Waals surface area contributed by atoms with Gasteiger partial charge in [-0.2, -0.15) is 0 Å². The predicted molar refractivity (Wildman–Crippen MR) is 144 cm³/mol. The Kier molecular flexibility index (Phi) is 6.82. The number of amides is 1. The number of nitrogens with zero attached hydrogens (tertiary/aromatic N) is 1. The first-order valence-electron chi connectivity index (χ1n) is 12.7. The molecule has 4 aromatic rings. The van der Waals surface area contributed by atoms with Crippen molar-refractivity contribution < 1.29 is 19.4 Å². The van der Waals surface area contributed by atoms with Gasteiger partial charge in [0.1, 0.15) is 11.5 Å². The van der Waals surface area contributed by atoms with Crippen LogP contribution in [0.1, 0.15) is 42.1 Å². The van der Waals surface area contributed by atoms with Crippen LogP contribution < -0.4 is 4.74 Å². The molecule has 1 fully saturated rings. The Morgan fingerprint density at radius 1 is 0.973 bits per heavy atom. The molecule has 6 nitrogen and oxygen atoms in total. The number of ether oxygens (including phenoxy) is 1. The van der Waals surface area contributed by atoms with E-state index in [1.807, 2.05) is 61.7 Å². The number of hydrogen-bond donors (Lipinski definition) is 2. The summed E-state index contributed by atoms with van der Waals surface area (Å²) in [4.78, 5) is 31.5. The van der Waals surface area contributed by atoms with Crippen LogP contribution in [0, 0.1) is 0 Å². The molecule has 0 unspecified atom stereocenters. The standard InChI is InChI=1S/C31H30N2O4/c1-3-20-9-11-21(12-10-20)28-27(29(34)22-13-15-24(16-14-22)37-4-2)30(35)31(36)33(28)18-17-23-19-32-26-8-6-5-7-25(23)26/h5-16,19,28,32,34H,3-4,17-18H2,1-2H3/t28-/m0/s1. The van der Waals surface area contributed by atoms with Gasteiger partial charge in [0.05, 0.1) is 18.2 Å². The molecule has 6 heteroatoms. The molecule has 2 heterocycles. The van der Waals surface area contributed by atoms with Gasteiger partial charge in [0, 0.05) is 29.2 Å². The van der Waals surface area contributed by atoms with Gasteiger partial charge in [-0.25, -0.2) is 0 Å². The van der Waals surface area contributed by atoms with E-state index >= 15 is 0 Å². The van der Waals surface area contributed by atoms with Crippen molar-refractivity contribution in [3.8, 4) is 5.75 Å². The number of carbonyl (C=O) groups is 2. The number of rotatable bonds is 8. The molecule has 2 N–H and O–H groups in total. The summed E-state index contributed by atoms with van der Waals surface area (Å²) in [5.74, 6) is -0.780. The fraction of sp³-hybridized carbons (Fsp3) is 0.226. The summed E-state index contributed by atoms with van der Waals surface area (Å²) >= 11 is 0. The average Bonchev–Trinajstić information content (AvgIpc) is 3.46. The first-order valence-corrected chi connectivity index (χ1v) is 12.7. The number of aromatic nitrogens is 1. The van der Waals surface area contributed by atoms with Gasteiger partial charge < -0.3 is 19.7 Å². The maximum Gasteiger partial charge on any atom is 0.295 e. The van der Waals surface area contributed by atoms with Crippen LogP contribution in [-0.4, -0.2) is 39.8 Å². The lowest BCUT2D eigenvalue weighted by Gasteiger charge is -2.25. The van der Waals surface area contributed by atoms with Crippen molar-refractivity contribution in [2.45, 2.75) is 32.7 Å². The van der Waals surface area contributed by atoms with Crippen molar-refractivity contribution >= 4 is 28.4 Å². The number of fused-ring (bicyclic) bond motifs is 1. The van der Waals surface area contributed by atoms with E-state index < -0.39 is 17.7 Å². The van der Waals surface area contributed by atoms with Gasteiger partial charge in [0.25, 0.3) is 11.7 Å². The largest absolute Gasteiger partial charge is 0.507 e. The average molecular weight is 495 g/mol. The Bertz CT molecular complexity index is 1470. The number of H-pyrrole nitrogens is 1. The second kappa shape index (κ2) is 10.3. The van der Waals surface area contributed by atoms with E-state index in [1.54, 1.807) is 29.2 Å². The van der Waals surface area contributed by atoms with E-state index in [2.05, 4.69) is 11.9 Å². The van der Waals surface area contributed by atoms with Gasteiger partial charge in [-0.3, -0.25) is 9.59 Å². The number of aliphatic hydroxyl groups is 1. The summed E-state index contributed by atoms with van der Waals surface area (Å²) in [6.45, 7) is 4.84. The topological polar surface area (TPSA) is 82.6 Å². The van der Waals surface area contributed by atoms with Gasteiger partial charge in [-0.15, -0.1) is 0 Å². The quantitative estimate of drug-likeness (QED) is 0.184. The van der Waals surface area contributed by atoms with Gasteiger partial charge in [0.15, 0.2) is 0 Å². The van der Waals surface area contributed by atoms with Crippen LogP contribution in [-0.2, 0) is 22.4 Å². The van der Waals surface area contributed by atoms with Crippen LogP contribution in [0.2, 0.25) is 0 Å². The Labute approximate surface area is 216 Å². The zero-order valence-electron chi connectivity index (χ0n) is 21.0. The first kappa shape index (κ1) is 24.4. The summed E-state index contributed by atoms with van der Waals surface area (Å²) in [5, 5.41) is 12.4. The number of likely N-dealkylation sites (tertiary alicyclic amines) is 1. The fourth-order valence-corrected chi connectivity index (χ4v) is 5.00. The highest BCUT2D eigenvalue weighted by Gasteiger charge is 2.45. The van der Waals surface area contributed by atoms with Crippen LogP contribution in [0.25, 0.3) is 16.7 Å². The molecule has 1 amide bonds. The van der Waals surface area contributed by atoms with E-state index in [4.69, 9.17) is 4.74 Å². The lowest BCUT2D eigenvalue weighted by Crippen LogP contribution is -2.31. The van der Waals surface area contributed by atoms with E-state index in [0.29, 0.717) is 30.9 Å². The zero-order chi connectivity index (χ0) is 25.9. The minimum absolute atomic E-state index is 0.109. The molecule has 5 rings (SSSR count). The second-order valence-electron chi connectivity index (χ2n) is 9.15. The summed E-state index contributed by atoms with van der Waals surface area (Å²) < 4.78 is 5.50. The Hall–Kier alpha value is -4.32. The highest BCUT2D eigenvalue weighted by atomic mass is 16.5. The van der Waals surface area contributed by atoms with Crippen LogP contribution >= 0.6 is 0 Å². The number of benzene rings is 3. The zero-order valence-corrected chi connectivity index (χ0v) is 21.0. The third kappa shape index (κ3) is 4.62. The van der Waals surface area contributed by atoms with Crippen molar-refractivity contribution in [3.05, 3.63) is 107 Å². The van der Waals surface area contributed by atoms with Gasteiger partial charge >= 0.3 is 0 Å². The predicted octanol–water partition coefficient (Wildman–Crippen LogP) is 5.79. The Balaban J connectivity index is 1.54. The van der Waals surface area contributed by atoms with Crippen LogP contribution in [0.15, 0.2) is 84.6 Å². The molecule has 1 saturated heterocycles. The van der Waals surface area contributed by atoms with Crippen LogP contribution in [0.4, 0.5) is 0 Å². The maximum atomic E-state index is 13.3. The number of ketones is 1. The molecule has 3 aromatic carbocycles. The van der Waals surface area contributed by atoms with E-state index in [9.17, 15) is 14.7 Å². The number of aliphatic hydroxyl groups excluding tert-OH is 1. The summed E-state index contributed by atoms with van der Waals surface area (Å²) in [7, 11) is 0. The van der Waals surface area contributed by atoms with Gasteiger partial charge in [0.2, 0.25) is 0 Å². The fourth-order valence-electron chi connectivity index (χ4n) is 5.00. The molecule has 0 spiro atoms. The Morgan fingerprint density at radius 2 is 1.70 bits per heavy atom. The van der Waals surface area contributed by atoms with Crippen LogP contribution in [0.3, 0.4) is 0 Å². The summed E-state index contributed by atoms with van der Waals surface area (Å²) in [6, 6.07) is 22.1. The normalized spacial score (nSPS) is 17.0. The molecule has 1 aliphatic heterocycles. The van der Waals surface area contributed by atoms with Crippen molar-refractivity contribution in [1.82, 2.24) is 9.88 Å². The molecule has 1 aromatic heterocycles. The Morgan fingerprint density at radius 3 is 2.41 bits per heavy atom.